The van der Waals surface area contributed by atoms with Crippen molar-refractivity contribution in [1.82, 2.24) is 10.3 Å². The fourth-order valence-corrected chi connectivity index (χ4v) is 3.90. The number of carbonyl (C=O) groups excluding carboxylic acids is 2. The van der Waals surface area contributed by atoms with Gasteiger partial charge in [-0.15, -0.1) is 0 Å². The minimum atomic E-state index is -0.577. The highest BCUT2D eigenvalue weighted by Gasteiger charge is 2.63. The maximum absolute atomic E-state index is 11.9. The third-order valence-corrected chi connectivity index (χ3v) is 5.25. The maximum Gasteiger partial charge on any atom is 0.252 e. The summed E-state index contributed by atoms with van der Waals surface area (Å²) in [5, 5.41) is 13.6. The summed E-state index contributed by atoms with van der Waals surface area (Å²) in [6.07, 6.45) is 1.58. The zero-order chi connectivity index (χ0) is 18.4. The third kappa shape index (κ3) is 2.53. The van der Waals surface area contributed by atoms with Gasteiger partial charge in [0.25, 0.3) is 5.91 Å². The lowest BCUT2D eigenvalue weighted by molar-refractivity contribution is -0.122. The Morgan fingerprint density at radius 2 is 2.23 bits per heavy atom. The van der Waals surface area contributed by atoms with Crippen molar-refractivity contribution >= 4 is 22.6 Å². The predicted octanol–water partition coefficient (Wildman–Crippen LogP) is 0.0740. The molecule has 2 amide bonds. The van der Waals surface area contributed by atoms with Crippen molar-refractivity contribution in [2.45, 2.75) is 6.04 Å². The fraction of sp³-hybridized carbons (Fsp3) is 0.389. The Balaban J connectivity index is 1.59. The predicted molar refractivity (Wildman–Crippen MR) is 91.8 cm³/mol. The van der Waals surface area contributed by atoms with E-state index < -0.39 is 5.91 Å². The highest BCUT2D eigenvalue weighted by Crippen LogP contribution is 2.52. The molecule has 8 nitrogen and oxygen atoms in total. The van der Waals surface area contributed by atoms with E-state index in [1.807, 2.05) is 0 Å². The summed E-state index contributed by atoms with van der Waals surface area (Å²) in [6.45, 7) is 0.272. The molecule has 0 unspecified atom stereocenters. The average Bonchev–Trinajstić information content (AvgIpc) is 3.29. The highest BCUT2D eigenvalue weighted by atomic mass is 16.5. The molecule has 2 aliphatic rings. The molecule has 1 aromatic carbocycles. The number of hydrogen-bond donors (Lipinski definition) is 3. The van der Waals surface area contributed by atoms with Crippen molar-refractivity contribution < 1.29 is 24.2 Å². The Morgan fingerprint density at radius 3 is 2.88 bits per heavy atom. The number of fused-ring (bicyclic) bond motifs is 2. The Hall–Kier alpha value is -2.87. The molecule has 4 rings (SSSR count). The minimum Gasteiger partial charge on any atom is -0.496 e. The average molecular weight is 357 g/mol. The number of methoxy groups -OCH3 is 1. The topological polar surface area (TPSA) is 124 Å². The maximum atomic E-state index is 11.9. The minimum absolute atomic E-state index is 0.0128. The number of pyridine rings is 1. The van der Waals surface area contributed by atoms with Crippen molar-refractivity contribution in [3.8, 4) is 11.6 Å². The molecular formula is C18H19N3O5. The number of nitrogens with zero attached hydrogens (tertiary/aromatic N) is 1. The van der Waals surface area contributed by atoms with Gasteiger partial charge in [-0.2, -0.15) is 0 Å². The number of benzene rings is 1. The number of aliphatic hydroxyl groups is 1. The van der Waals surface area contributed by atoms with E-state index in [-0.39, 0.29) is 48.5 Å². The van der Waals surface area contributed by atoms with E-state index >= 15 is 0 Å². The van der Waals surface area contributed by atoms with Gasteiger partial charge in [0.1, 0.15) is 12.4 Å². The molecular weight excluding hydrogens is 338 g/mol. The second kappa shape index (κ2) is 6.14. The van der Waals surface area contributed by atoms with Gasteiger partial charge in [0.2, 0.25) is 11.8 Å². The molecule has 26 heavy (non-hydrogen) atoms. The van der Waals surface area contributed by atoms with E-state index in [9.17, 15) is 14.7 Å². The summed E-state index contributed by atoms with van der Waals surface area (Å²) in [4.78, 5) is 27.7. The second-order valence-electron chi connectivity index (χ2n) is 6.63. The number of hydrogen-bond acceptors (Lipinski definition) is 6. The van der Waals surface area contributed by atoms with Crippen LogP contribution in [0, 0.1) is 17.8 Å². The van der Waals surface area contributed by atoms with Crippen molar-refractivity contribution in [2.75, 3.05) is 20.3 Å². The van der Waals surface area contributed by atoms with E-state index in [2.05, 4.69) is 10.3 Å². The van der Waals surface area contributed by atoms with E-state index in [0.717, 1.165) is 5.39 Å². The number of nitrogens with two attached hydrogens (primary N) is 1. The van der Waals surface area contributed by atoms with Crippen LogP contribution in [0.2, 0.25) is 0 Å². The first-order valence-corrected chi connectivity index (χ1v) is 8.35. The number of rotatable bonds is 6. The normalized spacial score (nSPS) is 26.3. The van der Waals surface area contributed by atoms with Gasteiger partial charge < -0.3 is 25.6 Å². The largest absolute Gasteiger partial charge is 0.496 e. The second-order valence-corrected chi connectivity index (χ2v) is 6.63. The van der Waals surface area contributed by atoms with Crippen LogP contribution in [0.5, 0.6) is 11.6 Å². The molecule has 8 heteroatoms. The Labute approximate surface area is 149 Å². The molecule has 1 aromatic heterocycles. The van der Waals surface area contributed by atoms with Crippen molar-refractivity contribution in [1.29, 1.82) is 0 Å². The number of aliphatic hydroxyl groups excluding tert-OH is 1. The third-order valence-electron chi connectivity index (χ3n) is 5.25. The Bertz CT molecular complexity index is 900. The molecule has 4 atom stereocenters. The van der Waals surface area contributed by atoms with Gasteiger partial charge in [-0.1, -0.05) is 0 Å². The first-order chi connectivity index (χ1) is 12.5. The molecule has 2 heterocycles. The molecule has 136 valence electrons. The van der Waals surface area contributed by atoms with Gasteiger partial charge in [0, 0.05) is 30.0 Å². The molecule has 4 N–H and O–H groups in total. The zero-order valence-corrected chi connectivity index (χ0v) is 14.1. The van der Waals surface area contributed by atoms with Gasteiger partial charge in [0.15, 0.2) is 0 Å². The summed E-state index contributed by atoms with van der Waals surface area (Å²) in [7, 11) is 1.46. The quantitative estimate of drug-likeness (QED) is 0.672. The first-order valence-electron chi connectivity index (χ1n) is 8.35. The molecule has 0 bridgehead atoms. The number of aromatic nitrogens is 1. The standard InChI is InChI=1S/C18H19N3O5/c1-25-13-5-9-8(4-10(13)16(19)23)2-3-20-18(9)26-7-12-14-11(6-22)15(14)17(24)21-12/h2-5,11-12,14-15,22H,6-7H2,1H3,(H2,19,23)(H,21,24)/t11-,12+,14+,15+/m0/s1. The van der Waals surface area contributed by atoms with E-state index in [1.54, 1.807) is 24.4 Å². The van der Waals surface area contributed by atoms with Crippen molar-refractivity contribution in [2.24, 2.45) is 23.5 Å². The highest BCUT2D eigenvalue weighted by molar-refractivity contribution is 6.01. The van der Waals surface area contributed by atoms with E-state index in [0.29, 0.717) is 17.0 Å². The SMILES string of the molecule is COc1cc2c(OC[C@H]3NC(=O)[C@@H]4[C@@H](CO)[C@@H]43)nccc2cc1C(N)=O. The van der Waals surface area contributed by atoms with E-state index in [4.69, 9.17) is 15.2 Å². The summed E-state index contributed by atoms with van der Waals surface area (Å²) in [5.41, 5.74) is 5.68. The molecule has 1 saturated heterocycles. The molecule has 2 aromatic rings. The van der Waals surface area contributed by atoms with Gasteiger partial charge >= 0.3 is 0 Å². The van der Waals surface area contributed by atoms with Gasteiger partial charge in [-0.05, 0) is 29.5 Å². The van der Waals surface area contributed by atoms with Crippen LogP contribution in [-0.4, -0.2) is 48.3 Å². The lowest BCUT2D eigenvalue weighted by Gasteiger charge is -2.17. The summed E-state index contributed by atoms with van der Waals surface area (Å²) in [6, 6.07) is 4.92. The lowest BCUT2D eigenvalue weighted by Crippen LogP contribution is -2.37. The Morgan fingerprint density at radius 1 is 1.42 bits per heavy atom. The van der Waals surface area contributed by atoms with Crippen LogP contribution in [0.25, 0.3) is 10.8 Å². The molecule has 0 radical (unpaired) electrons. The van der Waals surface area contributed by atoms with Crippen LogP contribution in [0.4, 0.5) is 0 Å². The molecule has 1 aliphatic heterocycles. The van der Waals surface area contributed by atoms with Crippen molar-refractivity contribution in [3.05, 3.63) is 30.0 Å². The van der Waals surface area contributed by atoms with Crippen molar-refractivity contribution in [3.63, 3.8) is 0 Å². The number of piperidine rings is 1. The molecule has 2 fully saturated rings. The van der Waals surface area contributed by atoms with Crippen LogP contribution < -0.4 is 20.5 Å². The molecule has 1 saturated carbocycles. The summed E-state index contributed by atoms with van der Waals surface area (Å²) < 4.78 is 11.1. The van der Waals surface area contributed by atoms with E-state index in [1.165, 1.54) is 7.11 Å². The summed E-state index contributed by atoms with van der Waals surface area (Å²) >= 11 is 0. The number of amides is 2. The Kier molecular flexibility index (Phi) is 3.91. The van der Waals surface area contributed by atoms with Crippen LogP contribution in [0.3, 0.4) is 0 Å². The molecule has 1 aliphatic carbocycles. The molecule has 0 spiro atoms. The van der Waals surface area contributed by atoms with Crippen LogP contribution in [0.15, 0.2) is 24.4 Å². The summed E-state index contributed by atoms with van der Waals surface area (Å²) in [5.74, 6) is 0.157. The number of primary amides is 1. The fourth-order valence-electron chi connectivity index (χ4n) is 3.90. The van der Waals surface area contributed by atoms with Gasteiger partial charge in [0.05, 0.1) is 18.7 Å². The van der Waals surface area contributed by atoms with Gasteiger partial charge in [-0.25, -0.2) is 4.98 Å². The lowest BCUT2D eigenvalue weighted by atomic mass is 10.1. The zero-order valence-electron chi connectivity index (χ0n) is 14.1. The van der Waals surface area contributed by atoms with Crippen LogP contribution in [-0.2, 0) is 4.79 Å². The monoisotopic (exact) mass is 357 g/mol. The van der Waals surface area contributed by atoms with Crippen LogP contribution in [0.1, 0.15) is 10.4 Å². The van der Waals surface area contributed by atoms with Gasteiger partial charge in [-0.3, -0.25) is 9.59 Å². The number of nitrogens with one attached hydrogen (secondary N) is 1. The number of carbonyl (C=O) groups is 2. The van der Waals surface area contributed by atoms with Crippen LogP contribution >= 0.6 is 0 Å². The number of ether oxygens (including phenoxy) is 2. The smallest absolute Gasteiger partial charge is 0.252 e. The first kappa shape index (κ1) is 16.6.